The number of hydrogen-bond donors (Lipinski definition) is 2. The molecule has 0 aliphatic carbocycles. The molecule has 20 heavy (non-hydrogen) atoms. The molecule has 2 atom stereocenters. The van der Waals surface area contributed by atoms with Crippen LogP contribution in [0, 0.1) is 12.8 Å². The largest absolute Gasteiger partial charge is 0.489 e. The molecule has 2 unspecified atom stereocenters. The highest BCUT2D eigenvalue weighted by Crippen LogP contribution is 2.15. The van der Waals surface area contributed by atoms with Gasteiger partial charge in [0.25, 0.3) is 0 Å². The van der Waals surface area contributed by atoms with E-state index in [0.717, 1.165) is 12.2 Å². The molecule has 0 saturated heterocycles. The number of ether oxygens (including phenoxy) is 1. The van der Waals surface area contributed by atoms with Crippen LogP contribution in [0.25, 0.3) is 0 Å². The molecule has 112 valence electrons. The minimum absolute atomic E-state index is 0.00235. The molecular formula is C16H26N2O2. The lowest BCUT2D eigenvalue weighted by Crippen LogP contribution is -2.40. The van der Waals surface area contributed by atoms with Gasteiger partial charge in [0, 0.05) is 12.5 Å². The third-order valence-electron chi connectivity index (χ3n) is 3.21. The van der Waals surface area contributed by atoms with Crippen molar-refractivity contribution in [2.24, 2.45) is 5.92 Å². The Labute approximate surface area is 121 Å². The van der Waals surface area contributed by atoms with E-state index in [0.29, 0.717) is 13.1 Å². The van der Waals surface area contributed by atoms with E-state index in [-0.39, 0.29) is 17.9 Å². The summed E-state index contributed by atoms with van der Waals surface area (Å²) in [7, 11) is 1.85. The van der Waals surface area contributed by atoms with Crippen LogP contribution >= 0.6 is 0 Å². The van der Waals surface area contributed by atoms with Crippen molar-refractivity contribution < 1.29 is 9.53 Å². The fourth-order valence-electron chi connectivity index (χ4n) is 1.94. The average Bonchev–Trinajstić information content (AvgIpc) is 2.43. The summed E-state index contributed by atoms with van der Waals surface area (Å²) in [4.78, 5) is 11.9. The maximum absolute atomic E-state index is 11.9. The molecule has 0 heterocycles. The van der Waals surface area contributed by atoms with Gasteiger partial charge in [0.2, 0.25) is 5.91 Å². The molecule has 0 aliphatic heterocycles. The SMILES string of the molecule is CCC(CNC(=O)C(C)CNC)Oc1cccc(C)c1. The number of rotatable bonds is 8. The van der Waals surface area contributed by atoms with Gasteiger partial charge in [-0.05, 0) is 38.1 Å². The third-order valence-corrected chi connectivity index (χ3v) is 3.21. The maximum Gasteiger partial charge on any atom is 0.224 e. The summed E-state index contributed by atoms with van der Waals surface area (Å²) in [6.07, 6.45) is 0.858. The van der Waals surface area contributed by atoms with Crippen molar-refractivity contribution in [1.82, 2.24) is 10.6 Å². The molecule has 4 nitrogen and oxygen atoms in total. The predicted octanol–water partition coefficient (Wildman–Crippen LogP) is 2.12. The van der Waals surface area contributed by atoms with Gasteiger partial charge in [0.15, 0.2) is 0 Å². The van der Waals surface area contributed by atoms with Gasteiger partial charge in [-0.25, -0.2) is 0 Å². The van der Waals surface area contributed by atoms with Crippen molar-refractivity contribution in [3.63, 3.8) is 0 Å². The first kappa shape index (κ1) is 16.5. The topological polar surface area (TPSA) is 50.4 Å². The lowest BCUT2D eigenvalue weighted by Gasteiger charge is -2.20. The van der Waals surface area contributed by atoms with E-state index in [1.165, 1.54) is 5.56 Å². The standard InChI is InChI=1S/C16H26N2O2/c1-5-14(11-18-16(19)13(3)10-17-4)20-15-8-6-7-12(2)9-15/h6-9,13-14,17H,5,10-11H2,1-4H3,(H,18,19). The maximum atomic E-state index is 11.9. The monoisotopic (exact) mass is 278 g/mol. The minimum Gasteiger partial charge on any atom is -0.489 e. The number of benzene rings is 1. The van der Waals surface area contributed by atoms with E-state index in [4.69, 9.17) is 4.74 Å². The van der Waals surface area contributed by atoms with Crippen molar-refractivity contribution in [1.29, 1.82) is 0 Å². The van der Waals surface area contributed by atoms with Crippen LogP contribution in [0.2, 0.25) is 0 Å². The zero-order chi connectivity index (χ0) is 15.0. The van der Waals surface area contributed by atoms with Crippen molar-refractivity contribution in [2.45, 2.75) is 33.3 Å². The Bertz CT molecular complexity index is 421. The predicted molar refractivity (Wildman–Crippen MR) is 82.0 cm³/mol. The molecule has 2 N–H and O–H groups in total. The zero-order valence-electron chi connectivity index (χ0n) is 12.9. The van der Waals surface area contributed by atoms with E-state index in [1.54, 1.807) is 0 Å². The number of aryl methyl sites for hydroxylation is 1. The third kappa shape index (κ3) is 5.61. The Kier molecular flexibility index (Phi) is 7.09. The van der Waals surface area contributed by atoms with Crippen LogP contribution in [0.15, 0.2) is 24.3 Å². The lowest BCUT2D eigenvalue weighted by atomic mass is 10.1. The van der Waals surface area contributed by atoms with Crippen LogP contribution in [-0.4, -0.2) is 32.1 Å². The first-order chi connectivity index (χ1) is 9.56. The number of carbonyl (C=O) groups excluding carboxylic acids is 1. The van der Waals surface area contributed by atoms with Crippen molar-refractivity contribution in [3.05, 3.63) is 29.8 Å². The number of carbonyl (C=O) groups is 1. The Morgan fingerprint density at radius 3 is 2.70 bits per heavy atom. The molecule has 1 aromatic carbocycles. The van der Waals surface area contributed by atoms with Gasteiger partial charge in [0.1, 0.15) is 11.9 Å². The molecule has 1 aromatic rings. The summed E-state index contributed by atoms with van der Waals surface area (Å²) in [6, 6.07) is 7.97. The molecule has 0 spiro atoms. The van der Waals surface area contributed by atoms with Gasteiger partial charge >= 0.3 is 0 Å². The van der Waals surface area contributed by atoms with E-state index in [1.807, 2.05) is 45.2 Å². The summed E-state index contributed by atoms with van der Waals surface area (Å²) >= 11 is 0. The first-order valence-electron chi connectivity index (χ1n) is 7.22. The van der Waals surface area contributed by atoms with E-state index < -0.39 is 0 Å². The van der Waals surface area contributed by atoms with Crippen molar-refractivity contribution in [3.8, 4) is 5.75 Å². The summed E-state index contributed by atoms with van der Waals surface area (Å²) < 4.78 is 5.90. The fourth-order valence-corrected chi connectivity index (χ4v) is 1.94. The molecule has 1 rings (SSSR count). The van der Waals surface area contributed by atoms with E-state index in [9.17, 15) is 4.79 Å². The summed E-state index contributed by atoms with van der Waals surface area (Å²) in [5.74, 6) is 0.886. The smallest absolute Gasteiger partial charge is 0.224 e. The summed E-state index contributed by atoms with van der Waals surface area (Å²) in [5, 5.41) is 5.95. The van der Waals surface area contributed by atoms with Gasteiger partial charge in [-0.2, -0.15) is 0 Å². The summed E-state index contributed by atoms with van der Waals surface area (Å²) in [5.41, 5.74) is 1.17. The van der Waals surface area contributed by atoms with Crippen LogP contribution in [-0.2, 0) is 4.79 Å². The second-order valence-corrected chi connectivity index (χ2v) is 5.17. The van der Waals surface area contributed by atoms with Gasteiger partial charge in [-0.3, -0.25) is 4.79 Å². The molecule has 4 heteroatoms. The highest BCUT2D eigenvalue weighted by molar-refractivity contribution is 5.78. The fraction of sp³-hybridized carbons (Fsp3) is 0.562. The van der Waals surface area contributed by atoms with Crippen molar-refractivity contribution >= 4 is 5.91 Å². The zero-order valence-corrected chi connectivity index (χ0v) is 12.9. The molecule has 0 aromatic heterocycles. The molecule has 1 amide bonds. The quantitative estimate of drug-likeness (QED) is 0.766. The summed E-state index contributed by atoms with van der Waals surface area (Å²) in [6.45, 7) is 7.23. The lowest BCUT2D eigenvalue weighted by molar-refractivity contribution is -0.124. The van der Waals surface area contributed by atoms with Crippen LogP contribution in [0.5, 0.6) is 5.75 Å². The molecule has 0 fully saturated rings. The second kappa shape index (κ2) is 8.59. The van der Waals surface area contributed by atoms with Gasteiger partial charge in [0.05, 0.1) is 6.54 Å². The molecular weight excluding hydrogens is 252 g/mol. The Hall–Kier alpha value is -1.55. The van der Waals surface area contributed by atoms with Gasteiger partial charge < -0.3 is 15.4 Å². The Morgan fingerprint density at radius 1 is 1.35 bits per heavy atom. The van der Waals surface area contributed by atoms with Crippen LogP contribution in [0.4, 0.5) is 0 Å². The van der Waals surface area contributed by atoms with E-state index in [2.05, 4.69) is 17.6 Å². The van der Waals surface area contributed by atoms with Crippen LogP contribution in [0.1, 0.15) is 25.8 Å². The second-order valence-electron chi connectivity index (χ2n) is 5.17. The number of nitrogens with one attached hydrogen (secondary N) is 2. The molecule has 0 aliphatic rings. The highest BCUT2D eigenvalue weighted by atomic mass is 16.5. The Balaban J connectivity index is 2.45. The van der Waals surface area contributed by atoms with Gasteiger partial charge in [-0.1, -0.05) is 26.0 Å². The average molecular weight is 278 g/mol. The van der Waals surface area contributed by atoms with Crippen molar-refractivity contribution in [2.75, 3.05) is 20.1 Å². The molecule has 0 bridgehead atoms. The highest BCUT2D eigenvalue weighted by Gasteiger charge is 2.14. The van der Waals surface area contributed by atoms with E-state index >= 15 is 0 Å². The van der Waals surface area contributed by atoms with Crippen LogP contribution < -0.4 is 15.4 Å². The number of amides is 1. The molecule has 0 radical (unpaired) electrons. The number of hydrogen-bond acceptors (Lipinski definition) is 3. The normalized spacial score (nSPS) is 13.6. The Morgan fingerprint density at radius 2 is 2.10 bits per heavy atom. The minimum atomic E-state index is -0.0310. The molecule has 0 saturated carbocycles. The first-order valence-corrected chi connectivity index (χ1v) is 7.22. The van der Waals surface area contributed by atoms with Crippen LogP contribution in [0.3, 0.4) is 0 Å². The van der Waals surface area contributed by atoms with Gasteiger partial charge in [-0.15, -0.1) is 0 Å².